The minimum atomic E-state index is 0.220. The van der Waals surface area contributed by atoms with Gasteiger partial charge in [-0.2, -0.15) is 0 Å². The normalized spacial score (nSPS) is 31.7. The van der Waals surface area contributed by atoms with E-state index in [-0.39, 0.29) is 5.54 Å². The summed E-state index contributed by atoms with van der Waals surface area (Å²) in [6, 6.07) is 0.600. The zero-order chi connectivity index (χ0) is 13.9. The quantitative estimate of drug-likeness (QED) is 0.809. The molecule has 0 aromatic carbocycles. The first-order chi connectivity index (χ1) is 8.28. The van der Waals surface area contributed by atoms with Gasteiger partial charge in [-0.1, -0.05) is 20.8 Å². The summed E-state index contributed by atoms with van der Waals surface area (Å²) in [4.78, 5) is 2.38. The van der Waals surface area contributed by atoms with Crippen LogP contribution in [-0.2, 0) is 0 Å². The Kier molecular flexibility index (Phi) is 5.67. The van der Waals surface area contributed by atoms with Gasteiger partial charge < -0.3 is 10.2 Å². The van der Waals surface area contributed by atoms with Gasteiger partial charge in [-0.25, -0.2) is 0 Å². The van der Waals surface area contributed by atoms with Gasteiger partial charge in [0.05, 0.1) is 0 Å². The van der Waals surface area contributed by atoms with Gasteiger partial charge in [0.2, 0.25) is 0 Å². The third-order valence-corrected chi connectivity index (χ3v) is 5.02. The summed E-state index contributed by atoms with van der Waals surface area (Å²) in [7, 11) is 4.42. The fourth-order valence-electron chi connectivity index (χ4n) is 3.77. The van der Waals surface area contributed by atoms with Gasteiger partial charge in [-0.3, -0.25) is 0 Å². The third-order valence-electron chi connectivity index (χ3n) is 5.02. The monoisotopic (exact) mass is 254 g/mol. The molecule has 1 aliphatic rings. The highest BCUT2D eigenvalue weighted by Crippen LogP contribution is 2.38. The van der Waals surface area contributed by atoms with E-state index < -0.39 is 0 Å². The molecule has 0 bridgehead atoms. The Morgan fingerprint density at radius 3 is 2.00 bits per heavy atom. The summed E-state index contributed by atoms with van der Waals surface area (Å²) in [5.74, 6) is 2.59. The fraction of sp³-hybridized carbons (Fsp3) is 1.00. The number of hydrogen-bond acceptors (Lipinski definition) is 2. The topological polar surface area (TPSA) is 15.3 Å². The first kappa shape index (κ1) is 16.0. The molecule has 0 aliphatic heterocycles. The minimum Gasteiger partial charge on any atom is -0.312 e. The lowest BCUT2D eigenvalue weighted by molar-refractivity contribution is 0.0667. The van der Waals surface area contributed by atoms with Crippen molar-refractivity contribution in [1.29, 1.82) is 0 Å². The Balaban J connectivity index is 2.83. The van der Waals surface area contributed by atoms with Crippen molar-refractivity contribution in [3.63, 3.8) is 0 Å². The highest BCUT2D eigenvalue weighted by Gasteiger charge is 2.39. The third kappa shape index (κ3) is 3.71. The number of likely N-dealkylation sites (N-methyl/N-ethyl adjacent to an activating group) is 2. The maximum absolute atomic E-state index is 3.77. The van der Waals surface area contributed by atoms with Crippen LogP contribution in [0.1, 0.15) is 53.9 Å². The summed E-state index contributed by atoms with van der Waals surface area (Å²) in [6.07, 6.45) is 4.19. The average Bonchev–Trinajstić information content (AvgIpc) is 2.23. The summed E-state index contributed by atoms with van der Waals surface area (Å²) < 4.78 is 0. The van der Waals surface area contributed by atoms with E-state index >= 15 is 0 Å². The van der Waals surface area contributed by atoms with Crippen molar-refractivity contribution in [2.75, 3.05) is 20.6 Å². The Bertz CT molecular complexity index is 237. The van der Waals surface area contributed by atoms with Crippen molar-refractivity contribution < 1.29 is 0 Å². The fourth-order valence-corrected chi connectivity index (χ4v) is 3.77. The van der Waals surface area contributed by atoms with E-state index in [9.17, 15) is 0 Å². The zero-order valence-corrected chi connectivity index (χ0v) is 13.6. The molecule has 0 saturated heterocycles. The largest absolute Gasteiger partial charge is 0.312 e. The zero-order valence-electron chi connectivity index (χ0n) is 13.6. The molecule has 2 nitrogen and oxygen atoms in total. The lowest BCUT2D eigenvalue weighted by atomic mass is 9.69. The molecule has 1 saturated carbocycles. The second kappa shape index (κ2) is 6.38. The molecule has 0 spiro atoms. The van der Waals surface area contributed by atoms with Crippen LogP contribution < -0.4 is 5.32 Å². The van der Waals surface area contributed by atoms with Crippen LogP contribution in [0.25, 0.3) is 0 Å². The summed E-state index contributed by atoms with van der Waals surface area (Å²) in [5, 5.41) is 3.77. The van der Waals surface area contributed by atoms with Gasteiger partial charge in [-0.15, -0.1) is 0 Å². The van der Waals surface area contributed by atoms with Gasteiger partial charge in [0.25, 0.3) is 0 Å². The molecule has 18 heavy (non-hydrogen) atoms. The van der Waals surface area contributed by atoms with Crippen LogP contribution in [0.2, 0.25) is 0 Å². The summed E-state index contributed by atoms with van der Waals surface area (Å²) in [5.41, 5.74) is 0.220. The van der Waals surface area contributed by atoms with E-state index in [0.29, 0.717) is 6.04 Å². The van der Waals surface area contributed by atoms with Crippen LogP contribution in [0.3, 0.4) is 0 Å². The Morgan fingerprint density at radius 2 is 1.61 bits per heavy atom. The predicted octanol–water partition coefficient (Wildman–Crippen LogP) is 3.38. The standard InChI is InChI=1S/C16H34N2/c1-8-17-15(16(4,5)18(6)7)14-10-12(2)9-13(3)11-14/h12-15,17H,8-11H2,1-7H3. The van der Waals surface area contributed by atoms with Gasteiger partial charge in [-0.05, 0) is 71.5 Å². The van der Waals surface area contributed by atoms with Crippen LogP contribution in [-0.4, -0.2) is 37.1 Å². The lowest BCUT2D eigenvalue weighted by Crippen LogP contribution is -2.59. The molecule has 1 aliphatic carbocycles. The molecule has 3 unspecified atom stereocenters. The lowest BCUT2D eigenvalue weighted by Gasteiger charge is -2.47. The molecule has 0 heterocycles. The van der Waals surface area contributed by atoms with Gasteiger partial charge in [0, 0.05) is 11.6 Å². The van der Waals surface area contributed by atoms with Gasteiger partial charge in [0.1, 0.15) is 0 Å². The SMILES string of the molecule is CCNC(C1CC(C)CC(C)C1)C(C)(C)N(C)C. The predicted molar refractivity (Wildman–Crippen MR) is 80.9 cm³/mol. The van der Waals surface area contributed by atoms with Crippen molar-refractivity contribution in [1.82, 2.24) is 10.2 Å². The molecule has 1 N–H and O–H groups in total. The first-order valence-corrected chi connectivity index (χ1v) is 7.69. The van der Waals surface area contributed by atoms with Crippen molar-refractivity contribution in [2.45, 2.75) is 65.5 Å². The number of nitrogens with one attached hydrogen (secondary N) is 1. The second-order valence-electron chi connectivity index (χ2n) is 7.26. The minimum absolute atomic E-state index is 0.220. The summed E-state index contributed by atoms with van der Waals surface area (Å²) >= 11 is 0. The molecular weight excluding hydrogens is 220 g/mol. The van der Waals surface area contributed by atoms with Crippen LogP contribution >= 0.6 is 0 Å². The Hall–Kier alpha value is -0.0800. The molecule has 0 radical (unpaired) electrons. The van der Waals surface area contributed by atoms with Gasteiger partial charge >= 0.3 is 0 Å². The van der Waals surface area contributed by atoms with Crippen LogP contribution in [0.5, 0.6) is 0 Å². The summed E-state index contributed by atoms with van der Waals surface area (Å²) in [6.45, 7) is 12.9. The maximum Gasteiger partial charge on any atom is 0.0302 e. The number of hydrogen-bond donors (Lipinski definition) is 1. The van der Waals surface area contributed by atoms with E-state index in [2.05, 4.69) is 58.9 Å². The van der Waals surface area contributed by atoms with E-state index in [1.54, 1.807) is 0 Å². The highest BCUT2D eigenvalue weighted by atomic mass is 15.2. The van der Waals surface area contributed by atoms with Crippen molar-refractivity contribution in [2.24, 2.45) is 17.8 Å². The Morgan fingerprint density at radius 1 is 1.11 bits per heavy atom. The molecule has 0 amide bonds. The molecule has 0 aromatic heterocycles. The van der Waals surface area contributed by atoms with Gasteiger partial charge in [0.15, 0.2) is 0 Å². The van der Waals surface area contributed by atoms with E-state index in [1.807, 2.05) is 0 Å². The molecule has 1 rings (SSSR count). The molecule has 2 heteroatoms. The molecule has 3 atom stereocenters. The molecule has 1 fully saturated rings. The molecule has 0 aromatic rings. The van der Waals surface area contributed by atoms with Crippen molar-refractivity contribution in [3.05, 3.63) is 0 Å². The average molecular weight is 254 g/mol. The number of nitrogens with zero attached hydrogens (tertiary/aromatic N) is 1. The van der Waals surface area contributed by atoms with E-state index in [4.69, 9.17) is 0 Å². The maximum atomic E-state index is 3.77. The highest BCUT2D eigenvalue weighted by molar-refractivity contribution is 4.97. The van der Waals surface area contributed by atoms with Crippen molar-refractivity contribution >= 4 is 0 Å². The molecule has 108 valence electrons. The smallest absolute Gasteiger partial charge is 0.0302 e. The van der Waals surface area contributed by atoms with E-state index in [0.717, 1.165) is 24.3 Å². The second-order valence-corrected chi connectivity index (χ2v) is 7.26. The van der Waals surface area contributed by atoms with Crippen molar-refractivity contribution in [3.8, 4) is 0 Å². The van der Waals surface area contributed by atoms with Crippen LogP contribution in [0, 0.1) is 17.8 Å². The molecular formula is C16H34N2. The number of rotatable bonds is 5. The first-order valence-electron chi connectivity index (χ1n) is 7.69. The van der Waals surface area contributed by atoms with E-state index in [1.165, 1.54) is 19.3 Å². The van der Waals surface area contributed by atoms with Crippen LogP contribution in [0.4, 0.5) is 0 Å². The van der Waals surface area contributed by atoms with Crippen LogP contribution in [0.15, 0.2) is 0 Å². The Labute approximate surface area is 115 Å².